The number of halogens is 1. The van der Waals surface area contributed by atoms with Gasteiger partial charge in [-0.2, -0.15) is 5.10 Å². The SMILES string of the molecule is CN(C)CCn1ccc(NC(=O)N2CCc3cc(Cl)ccc3C2)n1. The average Bonchev–Trinajstić information content (AvgIpc) is 2.99. The number of benzene rings is 1. The van der Waals surface area contributed by atoms with Crippen LogP contribution in [0.25, 0.3) is 0 Å². The molecule has 2 aromatic rings. The van der Waals surface area contributed by atoms with Gasteiger partial charge in [0, 0.05) is 36.9 Å². The molecule has 0 radical (unpaired) electrons. The highest BCUT2D eigenvalue weighted by molar-refractivity contribution is 6.30. The zero-order valence-electron chi connectivity index (χ0n) is 14.0. The highest BCUT2D eigenvalue weighted by Gasteiger charge is 2.21. The van der Waals surface area contributed by atoms with Crippen LogP contribution in [0, 0.1) is 0 Å². The number of fused-ring (bicyclic) bond motifs is 1. The van der Waals surface area contributed by atoms with Gasteiger partial charge in [-0.25, -0.2) is 4.79 Å². The van der Waals surface area contributed by atoms with Crippen molar-refractivity contribution in [2.45, 2.75) is 19.5 Å². The molecule has 6 nitrogen and oxygen atoms in total. The fraction of sp³-hybridized carbons (Fsp3) is 0.412. The Hall–Kier alpha value is -2.05. The Labute approximate surface area is 147 Å². The second-order valence-electron chi connectivity index (χ2n) is 6.28. The van der Waals surface area contributed by atoms with E-state index in [-0.39, 0.29) is 6.03 Å². The van der Waals surface area contributed by atoms with Gasteiger partial charge in [-0.15, -0.1) is 0 Å². The Kier molecular flexibility index (Phi) is 5.06. The summed E-state index contributed by atoms with van der Waals surface area (Å²) in [4.78, 5) is 16.3. The van der Waals surface area contributed by atoms with Crippen molar-refractivity contribution in [1.29, 1.82) is 0 Å². The summed E-state index contributed by atoms with van der Waals surface area (Å²) in [6.45, 7) is 2.97. The summed E-state index contributed by atoms with van der Waals surface area (Å²) in [7, 11) is 4.04. The fourth-order valence-corrected chi connectivity index (χ4v) is 2.93. The maximum Gasteiger partial charge on any atom is 0.323 e. The minimum atomic E-state index is -0.117. The maximum atomic E-state index is 12.5. The molecule has 0 saturated heterocycles. The van der Waals surface area contributed by atoms with Gasteiger partial charge in [0.25, 0.3) is 0 Å². The van der Waals surface area contributed by atoms with E-state index in [0.29, 0.717) is 18.9 Å². The Balaban J connectivity index is 1.59. The van der Waals surface area contributed by atoms with Crippen molar-refractivity contribution in [2.75, 3.05) is 32.5 Å². The maximum absolute atomic E-state index is 12.5. The molecule has 0 unspecified atom stereocenters. The Morgan fingerprint density at radius 2 is 2.17 bits per heavy atom. The van der Waals surface area contributed by atoms with E-state index in [0.717, 1.165) is 30.1 Å². The van der Waals surface area contributed by atoms with E-state index in [1.807, 2.05) is 49.2 Å². The number of urea groups is 1. The predicted octanol–water partition coefficient (Wildman–Crippen LogP) is 2.69. The summed E-state index contributed by atoms with van der Waals surface area (Å²) >= 11 is 6.02. The molecule has 0 atom stereocenters. The van der Waals surface area contributed by atoms with Gasteiger partial charge in [0.15, 0.2) is 5.82 Å². The van der Waals surface area contributed by atoms with E-state index in [9.17, 15) is 4.79 Å². The van der Waals surface area contributed by atoms with E-state index in [1.165, 1.54) is 5.56 Å². The van der Waals surface area contributed by atoms with Crippen LogP contribution in [0.1, 0.15) is 11.1 Å². The molecule has 1 aromatic carbocycles. The lowest BCUT2D eigenvalue weighted by atomic mass is 10.0. The van der Waals surface area contributed by atoms with Crippen LogP contribution in [0.15, 0.2) is 30.5 Å². The lowest BCUT2D eigenvalue weighted by molar-refractivity contribution is 0.206. The van der Waals surface area contributed by atoms with Crippen LogP contribution in [0.3, 0.4) is 0 Å². The molecule has 1 aliphatic rings. The first-order chi connectivity index (χ1) is 11.5. The van der Waals surface area contributed by atoms with Crippen LogP contribution in [0.4, 0.5) is 10.6 Å². The van der Waals surface area contributed by atoms with Crippen LogP contribution < -0.4 is 5.32 Å². The number of likely N-dealkylation sites (N-methyl/N-ethyl adjacent to an activating group) is 1. The van der Waals surface area contributed by atoms with Gasteiger partial charge in [0.05, 0.1) is 6.54 Å². The van der Waals surface area contributed by atoms with Gasteiger partial charge in [-0.05, 0) is 43.8 Å². The molecular weight excluding hydrogens is 326 g/mol. The first-order valence-corrected chi connectivity index (χ1v) is 8.40. The summed E-state index contributed by atoms with van der Waals surface area (Å²) in [6.07, 6.45) is 2.70. The second-order valence-corrected chi connectivity index (χ2v) is 6.72. The first kappa shape index (κ1) is 16.8. The smallest absolute Gasteiger partial charge is 0.320 e. The van der Waals surface area contributed by atoms with Gasteiger partial charge in [-0.3, -0.25) is 10.00 Å². The van der Waals surface area contributed by atoms with E-state index < -0.39 is 0 Å². The van der Waals surface area contributed by atoms with E-state index in [2.05, 4.69) is 15.3 Å². The van der Waals surface area contributed by atoms with Gasteiger partial charge >= 0.3 is 6.03 Å². The van der Waals surface area contributed by atoms with Crippen LogP contribution >= 0.6 is 11.6 Å². The lowest BCUT2D eigenvalue weighted by Crippen LogP contribution is -2.39. The highest BCUT2D eigenvalue weighted by Crippen LogP contribution is 2.23. The van der Waals surface area contributed by atoms with Crippen LogP contribution in [-0.2, 0) is 19.5 Å². The van der Waals surface area contributed by atoms with Gasteiger partial charge < -0.3 is 9.80 Å². The molecule has 0 bridgehead atoms. The molecule has 1 aliphatic heterocycles. The number of carbonyl (C=O) groups excluding carboxylic acids is 1. The number of nitrogens with zero attached hydrogens (tertiary/aromatic N) is 4. The van der Waals surface area contributed by atoms with Crippen molar-refractivity contribution in [3.63, 3.8) is 0 Å². The van der Waals surface area contributed by atoms with E-state index in [1.54, 1.807) is 4.90 Å². The molecule has 128 valence electrons. The highest BCUT2D eigenvalue weighted by atomic mass is 35.5. The molecule has 1 N–H and O–H groups in total. The number of rotatable bonds is 4. The molecule has 2 amide bonds. The molecule has 0 fully saturated rings. The molecule has 0 spiro atoms. The van der Waals surface area contributed by atoms with E-state index in [4.69, 9.17) is 11.6 Å². The Bertz CT molecular complexity index is 728. The van der Waals surface area contributed by atoms with Gasteiger partial charge in [0.1, 0.15) is 0 Å². The van der Waals surface area contributed by atoms with Crippen LogP contribution in [-0.4, -0.2) is 52.8 Å². The molecule has 3 rings (SSSR count). The molecule has 0 aliphatic carbocycles. The second kappa shape index (κ2) is 7.23. The third-order valence-electron chi connectivity index (χ3n) is 4.12. The third-order valence-corrected chi connectivity index (χ3v) is 4.35. The number of hydrogen-bond donors (Lipinski definition) is 1. The predicted molar refractivity (Wildman–Crippen MR) is 95.4 cm³/mol. The lowest BCUT2D eigenvalue weighted by Gasteiger charge is -2.28. The van der Waals surface area contributed by atoms with Crippen molar-refractivity contribution in [1.82, 2.24) is 19.6 Å². The monoisotopic (exact) mass is 347 g/mol. The van der Waals surface area contributed by atoms with Gasteiger partial charge in [0.2, 0.25) is 0 Å². The third kappa shape index (κ3) is 4.07. The van der Waals surface area contributed by atoms with Crippen LogP contribution in [0.2, 0.25) is 5.02 Å². The number of carbonyl (C=O) groups is 1. The quantitative estimate of drug-likeness (QED) is 0.925. The summed E-state index contributed by atoms with van der Waals surface area (Å²) in [5.74, 6) is 0.584. The molecule has 1 aromatic heterocycles. The van der Waals surface area contributed by atoms with Crippen molar-refractivity contribution >= 4 is 23.4 Å². The minimum absolute atomic E-state index is 0.117. The summed E-state index contributed by atoms with van der Waals surface area (Å²) in [6, 6.07) is 7.55. The minimum Gasteiger partial charge on any atom is -0.320 e. The zero-order chi connectivity index (χ0) is 17.1. The topological polar surface area (TPSA) is 53.4 Å². The van der Waals surface area contributed by atoms with Crippen molar-refractivity contribution in [3.05, 3.63) is 46.6 Å². The van der Waals surface area contributed by atoms with Crippen LogP contribution in [0.5, 0.6) is 0 Å². The average molecular weight is 348 g/mol. The normalized spacial score (nSPS) is 13.9. The van der Waals surface area contributed by atoms with Crippen molar-refractivity contribution in [2.24, 2.45) is 0 Å². The number of nitrogens with one attached hydrogen (secondary N) is 1. The molecular formula is C17H22ClN5O. The summed E-state index contributed by atoms with van der Waals surface area (Å²) in [5, 5.41) is 8.01. The summed E-state index contributed by atoms with van der Waals surface area (Å²) < 4.78 is 1.84. The van der Waals surface area contributed by atoms with Crippen molar-refractivity contribution in [3.8, 4) is 0 Å². The number of amides is 2. The fourth-order valence-electron chi connectivity index (χ4n) is 2.74. The van der Waals surface area contributed by atoms with E-state index >= 15 is 0 Å². The Morgan fingerprint density at radius 1 is 1.33 bits per heavy atom. The molecule has 2 heterocycles. The summed E-state index contributed by atoms with van der Waals surface area (Å²) in [5.41, 5.74) is 2.37. The first-order valence-electron chi connectivity index (χ1n) is 8.03. The zero-order valence-corrected chi connectivity index (χ0v) is 14.8. The Morgan fingerprint density at radius 3 is 2.96 bits per heavy atom. The number of aromatic nitrogens is 2. The molecule has 0 saturated carbocycles. The molecule has 7 heteroatoms. The van der Waals surface area contributed by atoms with Gasteiger partial charge in [-0.1, -0.05) is 17.7 Å². The van der Waals surface area contributed by atoms with Crippen molar-refractivity contribution < 1.29 is 4.79 Å². The standard InChI is InChI=1S/C17H22ClN5O/c1-21(2)9-10-23-8-6-16(20-23)19-17(24)22-7-5-13-11-15(18)4-3-14(13)12-22/h3-4,6,8,11H,5,7,9-10,12H2,1-2H3,(H,19,20,24). The molecule has 24 heavy (non-hydrogen) atoms. The largest absolute Gasteiger partial charge is 0.323 e. The number of anilines is 1. The number of hydrogen-bond acceptors (Lipinski definition) is 3.